The van der Waals surface area contributed by atoms with Crippen molar-refractivity contribution in [2.45, 2.75) is 18.9 Å². The van der Waals surface area contributed by atoms with Gasteiger partial charge in [-0.25, -0.2) is 0 Å². The zero-order valence-corrected chi connectivity index (χ0v) is 8.40. The second kappa shape index (κ2) is 4.31. The van der Waals surface area contributed by atoms with Crippen LogP contribution in [-0.2, 0) is 9.53 Å². The van der Waals surface area contributed by atoms with Crippen molar-refractivity contribution in [3.8, 4) is 0 Å². The third-order valence-electron chi connectivity index (χ3n) is 2.38. The second-order valence-electron chi connectivity index (χ2n) is 3.62. The Balaban J connectivity index is 1.99. The normalized spacial score (nSPS) is 20.1. The van der Waals surface area contributed by atoms with E-state index < -0.39 is 0 Å². The second-order valence-corrected chi connectivity index (χ2v) is 3.62. The van der Waals surface area contributed by atoms with Gasteiger partial charge in [0.1, 0.15) is 6.10 Å². The summed E-state index contributed by atoms with van der Waals surface area (Å²) in [6, 6.07) is 7.12. The number of hydrogen-bond acceptors (Lipinski definition) is 3. The fraction of sp³-hybridized carbons (Fsp3) is 0.364. The molecule has 0 spiro atoms. The molecule has 1 aromatic rings. The van der Waals surface area contributed by atoms with Crippen LogP contribution in [0.1, 0.15) is 12.8 Å². The van der Waals surface area contributed by atoms with Gasteiger partial charge in [0.25, 0.3) is 5.91 Å². The molecule has 0 aliphatic carbocycles. The standard InChI is InChI=1S/C11H14N2O2/c12-8-3-1-4-9(7-8)13-11(14)10-5-2-6-15-10/h1,3-4,7,10H,2,5-6,12H2,(H,13,14)/t10-/m0/s1. The van der Waals surface area contributed by atoms with E-state index in [1.165, 1.54) is 0 Å². The molecule has 3 N–H and O–H groups in total. The van der Waals surface area contributed by atoms with Crippen molar-refractivity contribution in [2.75, 3.05) is 17.7 Å². The van der Waals surface area contributed by atoms with Crippen LogP contribution < -0.4 is 11.1 Å². The summed E-state index contributed by atoms with van der Waals surface area (Å²) >= 11 is 0. The number of carbonyl (C=O) groups excluding carboxylic acids is 1. The Hall–Kier alpha value is -1.55. The van der Waals surface area contributed by atoms with E-state index in [9.17, 15) is 4.79 Å². The molecule has 0 radical (unpaired) electrons. The van der Waals surface area contributed by atoms with Gasteiger partial charge in [0.05, 0.1) is 0 Å². The molecule has 0 aromatic heterocycles. The quantitative estimate of drug-likeness (QED) is 0.718. The number of anilines is 2. The number of carbonyl (C=O) groups is 1. The Bertz CT molecular complexity index is 359. The van der Waals surface area contributed by atoms with Crippen LogP contribution in [0, 0.1) is 0 Å². The topological polar surface area (TPSA) is 64.3 Å². The summed E-state index contributed by atoms with van der Waals surface area (Å²) in [6.07, 6.45) is 1.45. The number of amides is 1. The van der Waals surface area contributed by atoms with Gasteiger partial charge in [0, 0.05) is 18.0 Å². The maximum atomic E-state index is 11.6. The lowest BCUT2D eigenvalue weighted by molar-refractivity contribution is -0.124. The van der Waals surface area contributed by atoms with Gasteiger partial charge in [-0.2, -0.15) is 0 Å². The summed E-state index contributed by atoms with van der Waals surface area (Å²) < 4.78 is 5.27. The molecule has 80 valence electrons. The molecule has 4 heteroatoms. The highest BCUT2D eigenvalue weighted by molar-refractivity contribution is 5.94. The highest BCUT2D eigenvalue weighted by Crippen LogP contribution is 2.16. The van der Waals surface area contributed by atoms with Gasteiger partial charge >= 0.3 is 0 Å². The van der Waals surface area contributed by atoms with E-state index in [-0.39, 0.29) is 12.0 Å². The SMILES string of the molecule is Nc1cccc(NC(=O)[C@@H]2CCCO2)c1. The first-order valence-corrected chi connectivity index (χ1v) is 5.04. The van der Waals surface area contributed by atoms with Crippen LogP contribution in [0.25, 0.3) is 0 Å². The monoisotopic (exact) mass is 206 g/mol. The molecule has 1 aliphatic heterocycles. The Morgan fingerprint density at radius 1 is 1.53 bits per heavy atom. The number of ether oxygens (including phenoxy) is 1. The first-order chi connectivity index (χ1) is 7.25. The van der Waals surface area contributed by atoms with Gasteiger partial charge in [0.2, 0.25) is 0 Å². The van der Waals surface area contributed by atoms with E-state index >= 15 is 0 Å². The molecule has 1 fully saturated rings. The average molecular weight is 206 g/mol. The van der Waals surface area contributed by atoms with Crippen LogP contribution in [-0.4, -0.2) is 18.6 Å². The first-order valence-electron chi connectivity index (χ1n) is 5.04. The zero-order valence-electron chi connectivity index (χ0n) is 8.40. The van der Waals surface area contributed by atoms with Gasteiger partial charge < -0.3 is 15.8 Å². The number of rotatable bonds is 2. The smallest absolute Gasteiger partial charge is 0.253 e. The highest BCUT2D eigenvalue weighted by Gasteiger charge is 2.23. The largest absolute Gasteiger partial charge is 0.399 e. The summed E-state index contributed by atoms with van der Waals surface area (Å²) in [5, 5.41) is 2.78. The molecule has 0 saturated carbocycles. The predicted octanol–water partition coefficient (Wildman–Crippen LogP) is 1.39. The number of nitrogens with two attached hydrogens (primary N) is 1. The maximum Gasteiger partial charge on any atom is 0.253 e. The van der Waals surface area contributed by atoms with Crippen LogP contribution in [0.15, 0.2) is 24.3 Å². The van der Waals surface area contributed by atoms with E-state index in [0.717, 1.165) is 18.5 Å². The van der Waals surface area contributed by atoms with Crippen LogP contribution in [0.4, 0.5) is 11.4 Å². The Morgan fingerprint density at radius 2 is 2.40 bits per heavy atom. The molecule has 1 atom stereocenters. The maximum absolute atomic E-state index is 11.6. The minimum absolute atomic E-state index is 0.0851. The minimum Gasteiger partial charge on any atom is -0.399 e. The highest BCUT2D eigenvalue weighted by atomic mass is 16.5. The summed E-state index contributed by atoms with van der Waals surface area (Å²) in [5.74, 6) is -0.0851. The summed E-state index contributed by atoms with van der Waals surface area (Å²) in [6.45, 7) is 0.676. The van der Waals surface area contributed by atoms with Crippen LogP contribution in [0.2, 0.25) is 0 Å². The molecule has 1 saturated heterocycles. The van der Waals surface area contributed by atoms with Crippen LogP contribution in [0.3, 0.4) is 0 Å². The zero-order chi connectivity index (χ0) is 10.7. The summed E-state index contributed by atoms with van der Waals surface area (Å²) in [4.78, 5) is 11.6. The number of nitrogens with one attached hydrogen (secondary N) is 1. The molecule has 1 aromatic carbocycles. The Kier molecular flexibility index (Phi) is 2.87. The van der Waals surface area contributed by atoms with Gasteiger partial charge in [-0.05, 0) is 31.0 Å². The van der Waals surface area contributed by atoms with Gasteiger partial charge in [-0.15, -0.1) is 0 Å². The van der Waals surface area contributed by atoms with Crippen LogP contribution in [0.5, 0.6) is 0 Å². The van der Waals surface area contributed by atoms with E-state index in [4.69, 9.17) is 10.5 Å². The fourth-order valence-corrected chi connectivity index (χ4v) is 1.62. The number of nitrogen functional groups attached to an aromatic ring is 1. The van der Waals surface area contributed by atoms with E-state index in [1.54, 1.807) is 18.2 Å². The van der Waals surface area contributed by atoms with Crippen molar-refractivity contribution in [3.05, 3.63) is 24.3 Å². The Morgan fingerprint density at radius 3 is 3.07 bits per heavy atom. The lowest BCUT2D eigenvalue weighted by Crippen LogP contribution is -2.26. The van der Waals surface area contributed by atoms with Crippen molar-refractivity contribution >= 4 is 17.3 Å². The molecule has 0 bridgehead atoms. The molecule has 1 heterocycles. The molecule has 15 heavy (non-hydrogen) atoms. The van der Waals surface area contributed by atoms with Crippen molar-refractivity contribution in [1.82, 2.24) is 0 Å². The molecular formula is C11H14N2O2. The lowest BCUT2D eigenvalue weighted by atomic mass is 10.2. The van der Waals surface area contributed by atoms with Gasteiger partial charge in [-0.3, -0.25) is 4.79 Å². The molecule has 2 rings (SSSR count). The average Bonchev–Trinajstić information content (AvgIpc) is 2.70. The van der Waals surface area contributed by atoms with E-state index in [0.29, 0.717) is 12.3 Å². The third kappa shape index (κ3) is 2.47. The third-order valence-corrected chi connectivity index (χ3v) is 2.38. The Labute approximate surface area is 88.4 Å². The molecular weight excluding hydrogens is 192 g/mol. The minimum atomic E-state index is -0.300. The first kappa shape index (κ1) is 9.98. The summed E-state index contributed by atoms with van der Waals surface area (Å²) in [5.41, 5.74) is 6.96. The lowest BCUT2D eigenvalue weighted by Gasteiger charge is -2.10. The van der Waals surface area contributed by atoms with Crippen molar-refractivity contribution in [3.63, 3.8) is 0 Å². The van der Waals surface area contributed by atoms with E-state index in [2.05, 4.69) is 5.32 Å². The van der Waals surface area contributed by atoms with Gasteiger partial charge in [-0.1, -0.05) is 6.07 Å². The van der Waals surface area contributed by atoms with Crippen molar-refractivity contribution in [1.29, 1.82) is 0 Å². The van der Waals surface area contributed by atoms with Gasteiger partial charge in [0.15, 0.2) is 0 Å². The fourth-order valence-electron chi connectivity index (χ4n) is 1.62. The van der Waals surface area contributed by atoms with E-state index in [1.807, 2.05) is 6.07 Å². The van der Waals surface area contributed by atoms with Crippen molar-refractivity contribution in [2.24, 2.45) is 0 Å². The number of benzene rings is 1. The summed E-state index contributed by atoms with van der Waals surface area (Å²) in [7, 11) is 0. The van der Waals surface area contributed by atoms with Crippen molar-refractivity contribution < 1.29 is 9.53 Å². The van der Waals surface area contributed by atoms with Crippen LogP contribution >= 0.6 is 0 Å². The number of hydrogen-bond donors (Lipinski definition) is 2. The molecule has 1 aliphatic rings. The molecule has 1 amide bonds. The predicted molar refractivity (Wildman–Crippen MR) is 58.5 cm³/mol. The molecule has 4 nitrogen and oxygen atoms in total. The molecule has 0 unspecified atom stereocenters.